The molecule has 0 aliphatic carbocycles. The highest BCUT2D eigenvalue weighted by molar-refractivity contribution is 5.70. The van der Waals surface area contributed by atoms with Gasteiger partial charge in [0.1, 0.15) is 12.4 Å². The fourth-order valence-electron chi connectivity index (χ4n) is 2.13. The van der Waals surface area contributed by atoms with Crippen molar-refractivity contribution in [2.24, 2.45) is 5.92 Å². The van der Waals surface area contributed by atoms with Crippen molar-refractivity contribution in [3.63, 3.8) is 0 Å². The quantitative estimate of drug-likeness (QED) is 0.762. The van der Waals surface area contributed by atoms with Gasteiger partial charge in [-0.3, -0.25) is 0 Å². The first-order chi connectivity index (χ1) is 10.2. The SMILES string of the molecule is CC(C)C(C)NCCOc1ccccc1-c1ccccc1. The zero-order valence-corrected chi connectivity index (χ0v) is 13.2. The predicted molar refractivity (Wildman–Crippen MR) is 89.7 cm³/mol. The molecule has 0 aromatic heterocycles. The third-order valence-corrected chi connectivity index (χ3v) is 3.80. The summed E-state index contributed by atoms with van der Waals surface area (Å²) in [5.74, 6) is 1.59. The van der Waals surface area contributed by atoms with Gasteiger partial charge in [-0.1, -0.05) is 62.4 Å². The zero-order valence-electron chi connectivity index (χ0n) is 13.2. The van der Waals surface area contributed by atoms with Crippen molar-refractivity contribution in [3.8, 4) is 16.9 Å². The van der Waals surface area contributed by atoms with Crippen LogP contribution in [0.3, 0.4) is 0 Å². The number of hydrogen-bond acceptors (Lipinski definition) is 2. The average Bonchev–Trinajstić information content (AvgIpc) is 2.52. The Bertz CT molecular complexity index is 536. The minimum absolute atomic E-state index is 0.512. The van der Waals surface area contributed by atoms with E-state index in [0.29, 0.717) is 18.6 Å². The molecular weight excluding hydrogens is 258 g/mol. The van der Waals surface area contributed by atoms with E-state index < -0.39 is 0 Å². The standard InChI is InChI=1S/C19H25NO/c1-15(2)16(3)20-13-14-21-19-12-8-7-11-18(19)17-9-5-4-6-10-17/h4-12,15-16,20H,13-14H2,1-3H3. The second kappa shape index (κ2) is 7.84. The van der Waals surface area contributed by atoms with Gasteiger partial charge in [0, 0.05) is 18.2 Å². The first-order valence-corrected chi connectivity index (χ1v) is 7.69. The molecule has 0 saturated carbocycles. The maximum Gasteiger partial charge on any atom is 0.127 e. The lowest BCUT2D eigenvalue weighted by molar-refractivity contribution is 0.298. The lowest BCUT2D eigenvalue weighted by Gasteiger charge is -2.18. The number of para-hydroxylation sites is 1. The topological polar surface area (TPSA) is 21.3 Å². The second-order valence-corrected chi connectivity index (χ2v) is 5.70. The molecule has 1 unspecified atom stereocenters. The first kappa shape index (κ1) is 15.6. The summed E-state index contributed by atoms with van der Waals surface area (Å²) < 4.78 is 5.96. The van der Waals surface area contributed by atoms with Crippen molar-refractivity contribution in [3.05, 3.63) is 54.6 Å². The monoisotopic (exact) mass is 283 g/mol. The summed E-state index contributed by atoms with van der Waals surface area (Å²) in [6.07, 6.45) is 0. The summed E-state index contributed by atoms with van der Waals surface area (Å²) in [4.78, 5) is 0. The molecule has 112 valence electrons. The van der Waals surface area contributed by atoms with Crippen LogP contribution in [0.4, 0.5) is 0 Å². The maximum absolute atomic E-state index is 5.96. The summed E-state index contributed by atoms with van der Waals surface area (Å²) in [7, 11) is 0. The number of benzene rings is 2. The third-order valence-electron chi connectivity index (χ3n) is 3.80. The first-order valence-electron chi connectivity index (χ1n) is 7.69. The van der Waals surface area contributed by atoms with E-state index in [1.54, 1.807) is 0 Å². The van der Waals surface area contributed by atoms with E-state index in [1.807, 2.05) is 24.3 Å². The number of hydrogen-bond donors (Lipinski definition) is 1. The van der Waals surface area contributed by atoms with E-state index in [9.17, 15) is 0 Å². The molecule has 0 fully saturated rings. The van der Waals surface area contributed by atoms with Crippen LogP contribution >= 0.6 is 0 Å². The van der Waals surface area contributed by atoms with Crippen molar-refractivity contribution >= 4 is 0 Å². The molecule has 0 spiro atoms. The van der Waals surface area contributed by atoms with Crippen LogP contribution in [0.15, 0.2) is 54.6 Å². The summed E-state index contributed by atoms with van der Waals surface area (Å²) in [6.45, 7) is 8.21. The smallest absolute Gasteiger partial charge is 0.127 e. The minimum atomic E-state index is 0.512. The third kappa shape index (κ3) is 4.61. The summed E-state index contributed by atoms with van der Waals surface area (Å²) in [5, 5.41) is 3.49. The van der Waals surface area contributed by atoms with Gasteiger partial charge in [0.2, 0.25) is 0 Å². The Hall–Kier alpha value is -1.80. The lowest BCUT2D eigenvalue weighted by atomic mass is 10.1. The molecule has 21 heavy (non-hydrogen) atoms. The van der Waals surface area contributed by atoms with E-state index in [0.717, 1.165) is 17.9 Å². The molecule has 0 bridgehead atoms. The van der Waals surface area contributed by atoms with Gasteiger partial charge in [0.25, 0.3) is 0 Å². The van der Waals surface area contributed by atoms with Gasteiger partial charge in [0.05, 0.1) is 0 Å². The molecule has 0 saturated heterocycles. The number of ether oxygens (including phenoxy) is 1. The highest BCUT2D eigenvalue weighted by atomic mass is 16.5. The van der Waals surface area contributed by atoms with Gasteiger partial charge in [-0.25, -0.2) is 0 Å². The van der Waals surface area contributed by atoms with Crippen molar-refractivity contribution in [1.82, 2.24) is 5.32 Å². The minimum Gasteiger partial charge on any atom is -0.492 e. The van der Waals surface area contributed by atoms with E-state index in [2.05, 4.69) is 56.4 Å². The average molecular weight is 283 g/mol. The van der Waals surface area contributed by atoms with Crippen LogP contribution in [0, 0.1) is 5.92 Å². The molecule has 2 rings (SSSR count). The molecule has 0 aliphatic rings. The molecule has 0 heterocycles. The molecule has 1 atom stereocenters. The van der Waals surface area contributed by atoms with Crippen molar-refractivity contribution < 1.29 is 4.74 Å². The van der Waals surface area contributed by atoms with Crippen LogP contribution in [0.2, 0.25) is 0 Å². The van der Waals surface area contributed by atoms with E-state index >= 15 is 0 Å². The molecule has 2 aromatic rings. The highest BCUT2D eigenvalue weighted by Gasteiger charge is 2.07. The number of nitrogens with one attached hydrogen (secondary N) is 1. The van der Waals surface area contributed by atoms with Gasteiger partial charge in [0.15, 0.2) is 0 Å². The Morgan fingerprint density at radius 2 is 1.57 bits per heavy atom. The molecular formula is C19H25NO. The van der Waals surface area contributed by atoms with Crippen LogP contribution in [0.1, 0.15) is 20.8 Å². The molecule has 2 aromatic carbocycles. The summed E-state index contributed by atoms with van der Waals surface area (Å²) in [5.41, 5.74) is 2.34. The van der Waals surface area contributed by atoms with Crippen LogP contribution in [0.25, 0.3) is 11.1 Å². The fourth-order valence-corrected chi connectivity index (χ4v) is 2.13. The van der Waals surface area contributed by atoms with E-state index in [1.165, 1.54) is 5.56 Å². The molecule has 2 nitrogen and oxygen atoms in total. The van der Waals surface area contributed by atoms with Crippen molar-refractivity contribution in [2.45, 2.75) is 26.8 Å². The van der Waals surface area contributed by atoms with E-state index in [-0.39, 0.29) is 0 Å². The fraction of sp³-hybridized carbons (Fsp3) is 0.368. The Kier molecular flexibility index (Phi) is 5.82. The maximum atomic E-state index is 5.96. The summed E-state index contributed by atoms with van der Waals surface area (Å²) >= 11 is 0. The molecule has 1 N–H and O–H groups in total. The van der Waals surface area contributed by atoms with Crippen molar-refractivity contribution in [2.75, 3.05) is 13.2 Å². The Labute approximate surface area is 128 Å². The van der Waals surface area contributed by atoms with E-state index in [4.69, 9.17) is 4.74 Å². The van der Waals surface area contributed by atoms with Crippen molar-refractivity contribution in [1.29, 1.82) is 0 Å². The van der Waals surface area contributed by atoms with Gasteiger partial charge >= 0.3 is 0 Å². The van der Waals surface area contributed by atoms with Gasteiger partial charge in [-0.2, -0.15) is 0 Å². The van der Waals surface area contributed by atoms with Crippen LogP contribution in [0.5, 0.6) is 5.75 Å². The molecule has 0 aliphatic heterocycles. The molecule has 0 radical (unpaired) electrons. The lowest BCUT2D eigenvalue weighted by Crippen LogP contribution is -2.33. The largest absolute Gasteiger partial charge is 0.492 e. The zero-order chi connectivity index (χ0) is 15.1. The Balaban J connectivity index is 1.95. The second-order valence-electron chi connectivity index (χ2n) is 5.70. The highest BCUT2D eigenvalue weighted by Crippen LogP contribution is 2.29. The van der Waals surface area contributed by atoms with Gasteiger partial charge < -0.3 is 10.1 Å². The predicted octanol–water partition coefficient (Wildman–Crippen LogP) is 4.37. The molecule has 2 heteroatoms. The van der Waals surface area contributed by atoms with Crippen LogP contribution in [-0.2, 0) is 0 Å². The Morgan fingerprint density at radius 3 is 2.29 bits per heavy atom. The normalized spacial score (nSPS) is 12.4. The number of rotatable bonds is 7. The van der Waals surface area contributed by atoms with Crippen LogP contribution in [-0.4, -0.2) is 19.2 Å². The molecule has 0 amide bonds. The van der Waals surface area contributed by atoms with Crippen LogP contribution < -0.4 is 10.1 Å². The Morgan fingerprint density at radius 1 is 0.905 bits per heavy atom. The van der Waals surface area contributed by atoms with Gasteiger partial charge in [-0.15, -0.1) is 0 Å². The summed E-state index contributed by atoms with van der Waals surface area (Å²) in [6, 6.07) is 19.1. The van der Waals surface area contributed by atoms with Gasteiger partial charge in [-0.05, 0) is 24.5 Å².